The van der Waals surface area contributed by atoms with Gasteiger partial charge in [-0.25, -0.2) is 9.97 Å². The van der Waals surface area contributed by atoms with Crippen molar-refractivity contribution < 1.29 is 0 Å². The van der Waals surface area contributed by atoms with Crippen LogP contribution in [0.15, 0.2) is 161 Å². The molecule has 1 aliphatic heterocycles. The molecule has 3 nitrogen and oxygen atoms in total. The highest BCUT2D eigenvalue weighted by atomic mass is 32.2. The molecule has 0 amide bonds. The van der Waals surface area contributed by atoms with E-state index < -0.39 is 0 Å². The highest BCUT2D eigenvalue weighted by Gasteiger charge is 2.28. The van der Waals surface area contributed by atoms with Crippen LogP contribution < -0.4 is 0 Å². The van der Waals surface area contributed by atoms with E-state index in [1.165, 1.54) is 53.9 Å². The molecule has 5 aromatic carbocycles. The van der Waals surface area contributed by atoms with Gasteiger partial charge in [-0.05, 0) is 71.0 Å². The molecule has 3 aromatic heterocycles. The Hall–Kier alpha value is -5.71. The molecule has 0 saturated heterocycles. The van der Waals surface area contributed by atoms with Gasteiger partial charge in [0.1, 0.15) is 0 Å². The number of fused-ring (bicyclic) bond motifs is 9. The fraction of sp³-hybridized carbons (Fsp3) is 0.0667. The third kappa shape index (κ3) is 4.52. The van der Waals surface area contributed by atoms with Gasteiger partial charge in [0.15, 0.2) is 5.65 Å². The Bertz CT molecular complexity index is 2660. The minimum absolute atomic E-state index is 0.472. The Labute approximate surface area is 289 Å². The van der Waals surface area contributed by atoms with Crippen LogP contribution in [0.3, 0.4) is 0 Å². The van der Waals surface area contributed by atoms with E-state index in [4.69, 9.17) is 9.97 Å². The molecule has 1 unspecified atom stereocenters. The lowest BCUT2D eigenvalue weighted by molar-refractivity contribution is 0.748. The van der Waals surface area contributed by atoms with E-state index in [-0.39, 0.29) is 0 Å². The summed E-state index contributed by atoms with van der Waals surface area (Å²) in [5, 5.41) is 3.58. The molecule has 10 rings (SSSR count). The van der Waals surface area contributed by atoms with Crippen molar-refractivity contribution in [3.05, 3.63) is 162 Å². The Balaban J connectivity index is 1.33. The van der Waals surface area contributed by atoms with Crippen LogP contribution in [0.2, 0.25) is 0 Å². The molecule has 8 aromatic rings. The maximum atomic E-state index is 5.19. The summed E-state index contributed by atoms with van der Waals surface area (Å²) in [5.74, 6) is 0.472. The van der Waals surface area contributed by atoms with Gasteiger partial charge in [-0.3, -0.25) is 0 Å². The molecule has 2 aliphatic rings. The van der Waals surface area contributed by atoms with Crippen molar-refractivity contribution >= 4 is 50.2 Å². The fourth-order valence-electron chi connectivity index (χ4n) is 7.72. The fourth-order valence-corrected chi connectivity index (χ4v) is 8.84. The normalized spacial score (nSPS) is 15.3. The van der Waals surface area contributed by atoms with Crippen LogP contribution in [0.1, 0.15) is 18.9 Å². The van der Waals surface area contributed by atoms with Crippen molar-refractivity contribution in [2.45, 2.75) is 18.2 Å². The minimum Gasteiger partial charge on any atom is -0.308 e. The second-order valence-corrected chi connectivity index (χ2v) is 14.1. The number of pyridine rings is 2. The summed E-state index contributed by atoms with van der Waals surface area (Å²) in [6.07, 6.45) is 5.74. The Morgan fingerprint density at radius 1 is 0.633 bits per heavy atom. The van der Waals surface area contributed by atoms with Crippen molar-refractivity contribution in [2.24, 2.45) is 5.92 Å². The first-order chi connectivity index (χ1) is 24.2. The smallest absolute Gasteiger partial charge is 0.162 e. The van der Waals surface area contributed by atoms with Crippen LogP contribution in [-0.2, 0) is 0 Å². The number of rotatable bonds is 3. The first-order valence-corrected chi connectivity index (χ1v) is 17.7. The topological polar surface area (TPSA) is 30.7 Å². The third-order valence-electron chi connectivity index (χ3n) is 9.97. The molecule has 0 fully saturated rings. The van der Waals surface area contributed by atoms with Gasteiger partial charge in [0.05, 0.1) is 28.1 Å². The molecule has 49 heavy (non-hydrogen) atoms. The lowest BCUT2D eigenvalue weighted by Crippen LogP contribution is -2.02. The van der Waals surface area contributed by atoms with Crippen LogP contribution in [-0.4, -0.2) is 14.5 Å². The highest BCUT2D eigenvalue weighted by molar-refractivity contribution is 8.03. The Kier molecular flexibility index (Phi) is 6.46. The lowest BCUT2D eigenvalue weighted by atomic mass is 9.84. The summed E-state index contributed by atoms with van der Waals surface area (Å²) < 4.78 is 2.46. The van der Waals surface area contributed by atoms with Gasteiger partial charge in [-0.1, -0.05) is 134 Å². The summed E-state index contributed by atoms with van der Waals surface area (Å²) in [4.78, 5) is 13.0. The standard InChI is InChI=1S/C45H31N3S/c1-28-20-25-42-35(26-28)43-32(31-16-9-11-19-41(31)49-42)22-24-39-44(43)33-17-8-10-18-38(33)48(39)40-27-37(30-14-6-3-7-15-30)47-45-34(40)21-23-36(46-45)29-12-4-2-5-13-29/h2-25,27-28H,26H2,1H3. The molecule has 0 saturated carbocycles. The molecule has 0 N–H and O–H groups in total. The molecule has 1 aliphatic carbocycles. The number of hydrogen-bond donors (Lipinski definition) is 0. The third-order valence-corrected chi connectivity index (χ3v) is 11.1. The predicted octanol–water partition coefficient (Wildman–Crippen LogP) is 12.1. The molecule has 0 bridgehead atoms. The molecule has 1 atom stereocenters. The molecule has 4 heterocycles. The van der Waals surface area contributed by atoms with Crippen LogP contribution >= 0.6 is 11.8 Å². The summed E-state index contributed by atoms with van der Waals surface area (Å²) >= 11 is 1.91. The van der Waals surface area contributed by atoms with E-state index in [0.717, 1.165) is 45.7 Å². The summed E-state index contributed by atoms with van der Waals surface area (Å²) in [6, 6.07) is 49.9. The number of allylic oxidation sites excluding steroid dienone is 3. The number of aromatic nitrogens is 3. The van der Waals surface area contributed by atoms with Gasteiger partial charge in [0.25, 0.3) is 0 Å². The number of hydrogen-bond acceptors (Lipinski definition) is 3. The zero-order chi connectivity index (χ0) is 32.5. The maximum absolute atomic E-state index is 5.19. The zero-order valence-corrected chi connectivity index (χ0v) is 27.8. The molecular formula is C45H31N3S. The number of benzene rings is 5. The quantitative estimate of drug-likeness (QED) is 0.192. The molecule has 4 heteroatoms. The zero-order valence-electron chi connectivity index (χ0n) is 27.0. The number of nitrogens with zero attached hydrogens (tertiary/aromatic N) is 3. The second-order valence-electron chi connectivity index (χ2n) is 13.0. The molecule has 232 valence electrons. The van der Waals surface area contributed by atoms with Crippen molar-refractivity contribution in [1.29, 1.82) is 0 Å². The monoisotopic (exact) mass is 645 g/mol. The number of thioether (sulfide) groups is 1. The lowest BCUT2D eigenvalue weighted by Gasteiger charge is -2.21. The summed E-state index contributed by atoms with van der Waals surface area (Å²) in [6.45, 7) is 2.33. The van der Waals surface area contributed by atoms with Gasteiger partial charge >= 0.3 is 0 Å². The summed E-state index contributed by atoms with van der Waals surface area (Å²) in [7, 11) is 0. The maximum Gasteiger partial charge on any atom is 0.162 e. The van der Waals surface area contributed by atoms with Crippen molar-refractivity contribution in [3.63, 3.8) is 0 Å². The second kappa shape index (κ2) is 11.2. The molecule has 0 radical (unpaired) electrons. The van der Waals surface area contributed by atoms with Gasteiger partial charge in [0, 0.05) is 37.1 Å². The van der Waals surface area contributed by atoms with Crippen LogP contribution in [0.5, 0.6) is 0 Å². The van der Waals surface area contributed by atoms with Crippen LogP contribution in [0.4, 0.5) is 0 Å². The van der Waals surface area contributed by atoms with Crippen LogP contribution in [0.25, 0.3) is 77.7 Å². The largest absolute Gasteiger partial charge is 0.308 e. The van der Waals surface area contributed by atoms with E-state index in [1.54, 1.807) is 0 Å². The SMILES string of the molecule is CC1C=CC2=C(C1)c1c(ccc3c1c1ccccc1n3-c1cc(-c3ccccc3)nc3nc(-c4ccccc4)ccc13)-c1ccccc1S2. The summed E-state index contributed by atoms with van der Waals surface area (Å²) in [5.41, 5.74) is 13.6. The minimum atomic E-state index is 0.472. The number of para-hydroxylation sites is 1. The van der Waals surface area contributed by atoms with Crippen molar-refractivity contribution in [3.8, 4) is 39.3 Å². The highest BCUT2D eigenvalue weighted by Crippen LogP contribution is 2.52. The van der Waals surface area contributed by atoms with E-state index >= 15 is 0 Å². The predicted molar refractivity (Wildman–Crippen MR) is 206 cm³/mol. The van der Waals surface area contributed by atoms with E-state index in [2.05, 4.69) is 157 Å². The van der Waals surface area contributed by atoms with Gasteiger partial charge in [0.2, 0.25) is 0 Å². The first kappa shape index (κ1) is 28.3. The van der Waals surface area contributed by atoms with Crippen LogP contribution in [0, 0.1) is 5.92 Å². The first-order valence-electron chi connectivity index (χ1n) is 16.9. The Morgan fingerprint density at radius 3 is 2.18 bits per heavy atom. The van der Waals surface area contributed by atoms with Gasteiger partial charge in [-0.2, -0.15) is 0 Å². The average molecular weight is 646 g/mol. The average Bonchev–Trinajstić information content (AvgIpc) is 3.42. The Morgan fingerprint density at radius 2 is 1.35 bits per heavy atom. The van der Waals surface area contributed by atoms with Gasteiger partial charge in [-0.15, -0.1) is 0 Å². The molecule has 0 spiro atoms. The van der Waals surface area contributed by atoms with Gasteiger partial charge < -0.3 is 4.57 Å². The van der Waals surface area contributed by atoms with E-state index in [1.807, 2.05) is 17.8 Å². The van der Waals surface area contributed by atoms with Crippen molar-refractivity contribution in [2.75, 3.05) is 0 Å². The van der Waals surface area contributed by atoms with Crippen molar-refractivity contribution in [1.82, 2.24) is 14.5 Å². The molecular weight excluding hydrogens is 615 g/mol. The van der Waals surface area contributed by atoms with E-state index in [0.29, 0.717) is 5.92 Å². The van der Waals surface area contributed by atoms with E-state index in [9.17, 15) is 0 Å².